The molecule has 0 radical (unpaired) electrons. The molecule has 2 nitrogen and oxygen atoms in total. The van der Waals surface area contributed by atoms with E-state index in [1.54, 1.807) is 0 Å². The fraction of sp³-hybridized carbons (Fsp3) is 0.800. The number of ketones is 1. The van der Waals surface area contributed by atoms with Crippen LogP contribution in [0.2, 0.25) is 0 Å². The van der Waals surface area contributed by atoms with Crippen LogP contribution in [0.1, 0.15) is 6.92 Å². The van der Waals surface area contributed by atoms with E-state index in [4.69, 9.17) is 0 Å². The van der Waals surface area contributed by atoms with Crippen molar-refractivity contribution < 1.29 is 27.1 Å². The standard InChI is InChI=1S/C5H6F4O2/c1-3(10)4(6,7)5(8,9)11-2/h1-2H3. The lowest BCUT2D eigenvalue weighted by molar-refractivity contribution is -0.322. The lowest BCUT2D eigenvalue weighted by atomic mass is 10.2. The third-order valence-corrected chi connectivity index (χ3v) is 1.06. The third kappa shape index (κ3) is 1.68. The Morgan fingerprint density at radius 3 is 1.73 bits per heavy atom. The molecule has 0 aromatic heterocycles. The second-order valence-corrected chi connectivity index (χ2v) is 1.85. The molecule has 0 amide bonds. The Kier molecular flexibility index (Phi) is 2.60. The van der Waals surface area contributed by atoms with Crippen molar-refractivity contribution in [1.82, 2.24) is 0 Å². The number of ether oxygens (including phenoxy) is 1. The molecule has 6 heteroatoms. The van der Waals surface area contributed by atoms with E-state index in [9.17, 15) is 22.4 Å². The van der Waals surface area contributed by atoms with Gasteiger partial charge in [0.2, 0.25) is 5.78 Å². The van der Waals surface area contributed by atoms with Crippen molar-refractivity contribution in [3.8, 4) is 0 Å². The monoisotopic (exact) mass is 174 g/mol. The molecular formula is C5H6F4O2. The van der Waals surface area contributed by atoms with Gasteiger partial charge in [-0.3, -0.25) is 4.79 Å². The lowest BCUT2D eigenvalue weighted by Crippen LogP contribution is -2.47. The van der Waals surface area contributed by atoms with E-state index in [-0.39, 0.29) is 0 Å². The van der Waals surface area contributed by atoms with E-state index in [2.05, 4.69) is 4.74 Å². The molecule has 0 unspecified atom stereocenters. The quantitative estimate of drug-likeness (QED) is 0.605. The highest BCUT2D eigenvalue weighted by atomic mass is 19.3. The molecule has 0 heterocycles. The van der Waals surface area contributed by atoms with Crippen LogP contribution in [-0.4, -0.2) is 24.9 Å². The topological polar surface area (TPSA) is 26.3 Å². The molecule has 11 heavy (non-hydrogen) atoms. The first-order valence-corrected chi connectivity index (χ1v) is 2.57. The molecule has 0 aromatic carbocycles. The number of Topliss-reactive ketones (excluding diaryl/α,β-unsaturated/α-hetero) is 1. The predicted molar refractivity (Wildman–Crippen MR) is 27.6 cm³/mol. The zero-order chi connectivity index (χ0) is 9.28. The van der Waals surface area contributed by atoms with E-state index in [0.717, 1.165) is 0 Å². The van der Waals surface area contributed by atoms with Crippen molar-refractivity contribution in [2.45, 2.75) is 19.0 Å². The summed E-state index contributed by atoms with van der Waals surface area (Å²) in [6, 6.07) is 0. The van der Waals surface area contributed by atoms with Crippen molar-refractivity contribution in [2.75, 3.05) is 7.11 Å². The average Bonchev–Trinajstić information content (AvgIpc) is 1.87. The minimum Gasteiger partial charge on any atom is -0.319 e. The van der Waals surface area contributed by atoms with Crippen LogP contribution in [-0.2, 0) is 9.53 Å². The molecule has 0 aliphatic rings. The van der Waals surface area contributed by atoms with Crippen LogP contribution in [0.15, 0.2) is 0 Å². The van der Waals surface area contributed by atoms with Gasteiger partial charge < -0.3 is 4.74 Å². The number of rotatable bonds is 3. The van der Waals surface area contributed by atoms with Gasteiger partial charge in [0.05, 0.1) is 0 Å². The van der Waals surface area contributed by atoms with Gasteiger partial charge in [-0.1, -0.05) is 0 Å². The Morgan fingerprint density at radius 1 is 1.27 bits per heavy atom. The van der Waals surface area contributed by atoms with Gasteiger partial charge in [-0.15, -0.1) is 0 Å². The summed E-state index contributed by atoms with van der Waals surface area (Å²) in [6.45, 7) is 0.368. The number of carbonyl (C=O) groups is 1. The van der Waals surface area contributed by atoms with Crippen LogP contribution >= 0.6 is 0 Å². The molecule has 0 aliphatic carbocycles. The van der Waals surface area contributed by atoms with Crippen LogP contribution in [0.4, 0.5) is 17.6 Å². The minimum absolute atomic E-state index is 0.368. The molecular weight excluding hydrogens is 168 g/mol. The summed E-state index contributed by atoms with van der Waals surface area (Å²) >= 11 is 0. The van der Waals surface area contributed by atoms with Crippen molar-refractivity contribution >= 4 is 5.78 Å². The molecule has 0 N–H and O–H groups in total. The van der Waals surface area contributed by atoms with Gasteiger partial charge in [0, 0.05) is 14.0 Å². The van der Waals surface area contributed by atoms with Gasteiger partial charge in [0.25, 0.3) is 0 Å². The number of alkyl halides is 4. The Bertz CT molecular complexity index is 166. The summed E-state index contributed by atoms with van der Waals surface area (Å²) in [7, 11) is 0.400. The van der Waals surface area contributed by atoms with Crippen LogP contribution in [0.5, 0.6) is 0 Å². The number of carbonyl (C=O) groups excluding carboxylic acids is 1. The van der Waals surface area contributed by atoms with Gasteiger partial charge in [-0.05, 0) is 0 Å². The van der Waals surface area contributed by atoms with E-state index < -0.39 is 17.8 Å². The Balaban J connectivity index is 4.67. The molecule has 0 bridgehead atoms. The first kappa shape index (κ1) is 10.3. The molecule has 0 atom stereocenters. The zero-order valence-corrected chi connectivity index (χ0v) is 5.83. The summed E-state index contributed by atoms with van der Waals surface area (Å²) in [5.74, 6) is -6.67. The lowest BCUT2D eigenvalue weighted by Gasteiger charge is -2.21. The summed E-state index contributed by atoms with van der Waals surface area (Å²) in [5, 5.41) is 0. The van der Waals surface area contributed by atoms with Crippen LogP contribution < -0.4 is 0 Å². The summed E-state index contributed by atoms with van der Waals surface area (Å²) in [6.07, 6.45) is -4.72. The first-order chi connectivity index (χ1) is 4.75. The number of hydrogen-bond acceptors (Lipinski definition) is 2. The molecule has 0 saturated heterocycles. The smallest absolute Gasteiger partial charge is 0.319 e. The van der Waals surface area contributed by atoms with Crippen molar-refractivity contribution in [1.29, 1.82) is 0 Å². The van der Waals surface area contributed by atoms with E-state index in [1.807, 2.05) is 0 Å². The maximum Gasteiger partial charge on any atom is 0.426 e. The minimum atomic E-state index is -4.75. The highest BCUT2D eigenvalue weighted by molar-refractivity contribution is 5.83. The second kappa shape index (κ2) is 2.77. The SMILES string of the molecule is COC(F)(F)C(F)(F)C(C)=O. The van der Waals surface area contributed by atoms with E-state index >= 15 is 0 Å². The normalized spacial score (nSPS) is 13.3. The largest absolute Gasteiger partial charge is 0.426 e. The fourth-order valence-corrected chi connectivity index (χ4v) is 0.333. The van der Waals surface area contributed by atoms with Crippen LogP contribution in [0.25, 0.3) is 0 Å². The first-order valence-electron chi connectivity index (χ1n) is 2.57. The van der Waals surface area contributed by atoms with Gasteiger partial charge >= 0.3 is 12.0 Å². The molecule has 66 valence electrons. The molecule has 0 spiro atoms. The second-order valence-electron chi connectivity index (χ2n) is 1.85. The molecule has 0 saturated carbocycles. The maximum absolute atomic E-state index is 12.1. The van der Waals surface area contributed by atoms with Crippen molar-refractivity contribution in [3.05, 3.63) is 0 Å². The highest BCUT2D eigenvalue weighted by Crippen LogP contribution is 2.35. The van der Waals surface area contributed by atoms with Crippen LogP contribution in [0, 0.1) is 0 Å². The third-order valence-electron chi connectivity index (χ3n) is 1.06. The fourth-order valence-electron chi connectivity index (χ4n) is 0.333. The Hall–Kier alpha value is -0.650. The predicted octanol–water partition coefficient (Wildman–Crippen LogP) is 1.45. The number of hydrogen-bond donors (Lipinski definition) is 0. The Morgan fingerprint density at radius 2 is 1.64 bits per heavy atom. The number of halogens is 4. The number of methoxy groups -OCH3 is 1. The van der Waals surface area contributed by atoms with Gasteiger partial charge in [0.1, 0.15) is 0 Å². The van der Waals surface area contributed by atoms with Gasteiger partial charge in [0.15, 0.2) is 0 Å². The molecule has 0 fully saturated rings. The van der Waals surface area contributed by atoms with E-state index in [1.165, 1.54) is 0 Å². The van der Waals surface area contributed by atoms with Gasteiger partial charge in [-0.2, -0.15) is 17.6 Å². The molecule has 0 rings (SSSR count). The summed E-state index contributed by atoms with van der Waals surface area (Å²) < 4.78 is 51.3. The van der Waals surface area contributed by atoms with E-state index in [0.29, 0.717) is 14.0 Å². The Labute approximate surface area is 60.1 Å². The van der Waals surface area contributed by atoms with Crippen molar-refractivity contribution in [3.63, 3.8) is 0 Å². The molecule has 0 aromatic rings. The van der Waals surface area contributed by atoms with Crippen molar-refractivity contribution in [2.24, 2.45) is 0 Å². The molecule has 0 aliphatic heterocycles. The summed E-state index contributed by atoms with van der Waals surface area (Å²) in [5.41, 5.74) is 0. The summed E-state index contributed by atoms with van der Waals surface area (Å²) in [4.78, 5) is 9.96. The highest BCUT2D eigenvalue weighted by Gasteiger charge is 2.61. The maximum atomic E-state index is 12.1. The average molecular weight is 174 g/mol. The zero-order valence-electron chi connectivity index (χ0n) is 5.83. The van der Waals surface area contributed by atoms with Gasteiger partial charge in [-0.25, -0.2) is 0 Å². The van der Waals surface area contributed by atoms with Crippen LogP contribution in [0.3, 0.4) is 0 Å².